The van der Waals surface area contributed by atoms with E-state index in [1.54, 1.807) is 6.07 Å². The normalized spacial score (nSPS) is 14.5. The van der Waals surface area contributed by atoms with Gasteiger partial charge in [0.2, 0.25) is 0 Å². The van der Waals surface area contributed by atoms with Crippen LogP contribution in [0.5, 0.6) is 0 Å². The first-order chi connectivity index (χ1) is 12.3. The van der Waals surface area contributed by atoms with Crippen LogP contribution in [0, 0.1) is 0 Å². The van der Waals surface area contributed by atoms with Crippen molar-refractivity contribution in [3.63, 3.8) is 0 Å². The highest BCUT2D eigenvalue weighted by Gasteiger charge is 2.14. The SMILES string of the molecule is O=C(Nc1cc(N2CCCCC2)ncn1)c1ccc2ccccc2n1. The zero-order valence-corrected chi connectivity index (χ0v) is 13.9. The number of nitrogens with zero attached hydrogens (tertiary/aromatic N) is 4. The summed E-state index contributed by atoms with van der Waals surface area (Å²) in [4.78, 5) is 27.6. The maximum absolute atomic E-state index is 12.5. The molecule has 1 N–H and O–H groups in total. The standard InChI is InChI=1S/C19H19N5O/c25-19(16-9-8-14-6-2-3-7-15(14)22-16)23-17-12-18(21-13-20-17)24-10-4-1-5-11-24/h2-3,6-9,12-13H,1,4-5,10-11H2,(H,20,21,23,25). The molecule has 3 heterocycles. The lowest BCUT2D eigenvalue weighted by Gasteiger charge is -2.27. The molecule has 0 saturated carbocycles. The summed E-state index contributed by atoms with van der Waals surface area (Å²) in [6.45, 7) is 1.99. The molecule has 1 saturated heterocycles. The molecule has 6 nitrogen and oxygen atoms in total. The lowest BCUT2D eigenvalue weighted by atomic mass is 10.1. The molecule has 1 aliphatic heterocycles. The quantitative estimate of drug-likeness (QED) is 0.796. The summed E-state index contributed by atoms with van der Waals surface area (Å²) in [7, 11) is 0. The first-order valence-corrected chi connectivity index (χ1v) is 8.54. The number of hydrogen-bond donors (Lipinski definition) is 1. The van der Waals surface area contributed by atoms with Crippen molar-refractivity contribution >= 4 is 28.4 Å². The van der Waals surface area contributed by atoms with E-state index >= 15 is 0 Å². The van der Waals surface area contributed by atoms with Crippen molar-refractivity contribution in [3.05, 3.63) is 54.5 Å². The Morgan fingerprint density at radius 2 is 1.84 bits per heavy atom. The molecule has 0 atom stereocenters. The number of piperidine rings is 1. The van der Waals surface area contributed by atoms with Crippen LogP contribution in [0.15, 0.2) is 48.8 Å². The zero-order chi connectivity index (χ0) is 17.1. The van der Waals surface area contributed by atoms with Crippen LogP contribution in [-0.4, -0.2) is 33.9 Å². The second-order valence-corrected chi connectivity index (χ2v) is 6.15. The van der Waals surface area contributed by atoms with E-state index in [0.717, 1.165) is 29.8 Å². The fraction of sp³-hybridized carbons (Fsp3) is 0.263. The van der Waals surface area contributed by atoms with Crippen molar-refractivity contribution in [1.82, 2.24) is 15.0 Å². The third kappa shape index (κ3) is 3.42. The minimum atomic E-state index is -0.269. The molecular weight excluding hydrogens is 314 g/mol. The molecule has 2 aromatic heterocycles. The summed E-state index contributed by atoms with van der Waals surface area (Å²) in [5.41, 5.74) is 1.17. The minimum Gasteiger partial charge on any atom is -0.356 e. The van der Waals surface area contributed by atoms with Gasteiger partial charge in [-0.25, -0.2) is 15.0 Å². The van der Waals surface area contributed by atoms with Crippen molar-refractivity contribution < 1.29 is 4.79 Å². The highest BCUT2D eigenvalue weighted by Crippen LogP contribution is 2.19. The van der Waals surface area contributed by atoms with Crippen LogP contribution in [0.1, 0.15) is 29.8 Å². The summed E-state index contributed by atoms with van der Waals surface area (Å²) in [5.74, 6) is 1.08. The van der Waals surface area contributed by atoms with Crippen molar-refractivity contribution in [1.29, 1.82) is 0 Å². The van der Waals surface area contributed by atoms with Crippen molar-refractivity contribution in [2.45, 2.75) is 19.3 Å². The molecule has 1 amide bonds. The number of benzene rings is 1. The fourth-order valence-electron chi connectivity index (χ4n) is 3.08. The first-order valence-electron chi connectivity index (χ1n) is 8.54. The van der Waals surface area contributed by atoms with Gasteiger partial charge in [0.05, 0.1) is 5.52 Å². The number of aromatic nitrogens is 3. The first kappa shape index (κ1) is 15.5. The van der Waals surface area contributed by atoms with Gasteiger partial charge < -0.3 is 10.2 Å². The van der Waals surface area contributed by atoms with Crippen LogP contribution in [0.25, 0.3) is 10.9 Å². The molecule has 126 valence electrons. The van der Waals surface area contributed by atoms with E-state index in [0.29, 0.717) is 11.5 Å². The monoisotopic (exact) mass is 333 g/mol. The zero-order valence-electron chi connectivity index (χ0n) is 13.9. The van der Waals surface area contributed by atoms with Gasteiger partial charge in [0.25, 0.3) is 5.91 Å². The van der Waals surface area contributed by atoms with E-state index in [9.17, 15) is 4.79 Å². The summed E-state index contributed by atoms with van der Waals surface area (Å²) < 4.78 is 0. The van der Waals surface area contributed by atoms with Gasteiger partial charge in [0.1, 0.15) is 23.7 Å². The fourth-order valence-corrected chi connectivity index (χ4v) is 3.08. The molecule has 3 aromatic rings. The number of carbonyl (C=O) groups excluding carboxylic acids is 1. The Bertz CT molecular complexity index is 905. The molecule has 0 aliphatic carbocycles. The second kappa shape index (κ2) is 6.84. The predicted octanol–water partition coefficient (Wildman–Crippen LogP) is 3.27. The third-order valence-corrected chi connectivity index (χ3v) is 4.41. The van der Waals surface area contributed by atoms with Gasteiger partial charge in [-0.1, -0.05) is 24.3 Å². The topological polar surface area (TPSA) is 71.0 Å². The van der Waals surface area contributed by atoms with E-state index in [1.165, 1.54) is 25.6 Å². The number of nitrogens with one attached hydrogen (secondary N) is 1. The molecule has 1 aromatic carbocycles. The van der Waals surface area contributed by atoms with E-state index in [1.807, 2.05) is 36.4 Å². The number of pyridine rings is 1. The van der Waals surface area contributed by atoms with Crippen LogP contribution in [0.3, 0.4) is 0 Å². The average molecular weight is 333 g/mol. The van der Waals surface area contributed by atoms with Crippen LogP contribution < -0.4 is 10.2 Å². The lowest BCUT2D eigenvalue weighted by molar-refractivity contribution is 0.102. The largest absolute Gasteiger partial charge is 0.356 e. The van der Waals surface area contributed by atoms with E-state index in [4.69, 9.17) is 0 Å². The lowest BCUT2D eigenvalue weighted by Crippen LogP contribution is -2.30. The Morgan fingerprint density at radius 3 is 2.72 bits per heavy atom. The van der Waals surface area contributed by atoms with Gasteiger partial charge in [0.15, 0.2) is 0 Å². The Labute approximate surface area is 145 Å². The summed E-state index contributed by atoms with van der Waals surface area (Å²) in [6.07, 6.45) is 5.10. The Kier molecular flexibility index (Phi) is 4.24. The second-order valence-electron chi connectivity index (χ2n) is 6.15. The molecule has 0 radical (unpaired) electrons. The molecular formula is C19H19N5O. The van der Waals surface area contributed by atoms with Crippen LogP contribution in [0.2, 0.25) is 0 Å². The smallest absolute Gasteiger partial charge is 0.275 e. The van der Waals surface area contributed by atoms with Crippen LogP contribution >= 0.6 is 0 Å². The number of rotatable bonds is 3. The molecule has 0 spiro atoms. The van der Waals surface area contributed by atoms with E-state index in [2.05, 4.69) is 25.2 Å². The van der Waals surface area contributed by atoms with Gasteiger partial charge in [-0.15, -0.1) is 0 Å². The van der Waals surface area contributed by atoms with Crippen LogP contribution in [-0.2, 0) is 0 Å². The van der Waals surface area contributed by atoms with Crippen LogP contribution in [0.4, 0.5) is 11.6 Å². The average Bonchev–Trinajstić information content (AvgIpc) is 2.68. The number of amides is 1. The molecule has 0 bridgehead atoms. The highest BCUT2D eigenvalue weighted by atomic mass is 16.1. The molecule has 4 rings (SSSR count). The van der Waals surface area contributed by atoms with Crippen molar-refractivity contribution in [2.24, 2.45) is 0 Å². The molecule has 1 fully saturated rings. The molecule has 1 aliphatic rings. The van der Waals surface area contributed by atoms with Gasteiger partial charge in [-0.2, -0.15) is 0 Å². The highest BCUT2D eigenvalue weighted by molar-refractivity contribution is 6.03. The summed E-state index contributed by atoms with van der Waals surface area (Å²) in [5, 5.41) is 3.83. The predicted molar refractivity (Wildman–Crippen MR) is 97.8 cm³/mol. The Hall–Kier alpha value is -3.02. The number of para-hydroxylation sites is 1. The number of anilines is 2. The molecule has 25 heavy (non-hydrogen) atoms. The number of carbonyl (C=O) groups is 1. The summed E-state index contributed by atoms with van der Waals surface area (Å²) >= 11 is 0. The number of hydrogen-bond acceptors (Lipinski definition) is 5. The summed E-state index contributed by atoms with van der Waals surface area (Å²) in [6, 6.07) is 13.2. The third-order valence-electron chi connectivity index (χ3n) is 4.41. The number of fused-ring (bicyclic) bond motifs is 1. The Morgan fingerprint density at radius 1 is 1.00 bits per heavy atom. The van der Waals surface area contributed by atoms with Crippen molar-refractivity contribution in [3.8, 4) is 0 Å². The van der Waals surface area contributed by atoms with Gasteiger partial charge in [-0.05, 0) is 31.4 Å². The van der Waals surface area contributed by atoms with Gasteiger partial charge in [-0.3, -0.25) is 4.79 Å². The maximum Gasteiger partial charge on any atom is 0.275 e. The van der Waals surface area contributed by atoms with Crippen molar-refractivity contribution in [2.75, 3.05) is 23.3 Å². The van der Waals surface area contributed by atoms with E-state index in [-0.39, 0.29) is 5.91 Å². The molecule has 6 heteroatoms. The van der Waals surface area contributed by atoms with E-state index < -0.39 is 0 Å². The van der Waals surface area contributed by atoms with Gasteiger partial charge >= 0.3 is 0 Å². The Balaban J connectivity index is 1.53. The van der Waals surface area contributed by atoms with Gasteiger partial charge in [0, 0.05) is 24.5 Å². The maximum atomic E-state index is 12.5. The molecule has 0 unspecified atom stereocenters. The minimum absolute atomic E-state index is 0.269.